The second kappa shape index (κ2) is 5.98. The smallest absolute Gasteiger partial charge is 0.251 e. The summed E-state index contributed by atoms with van der Waals surface area (Å²) in [7, 11) is 0. The van der Waals surface area contributed by atoms with E-state index in [2.05, 4.69) is 61.0 Å². The zero-order valence-corrected chi connectivity index (χ0v) is 14.6. The van der Waals surface area contributed by atoms with Crippen molar-refractivity contribution in [1.29, 1.82) is 0 Å². The molecule has 0 fully saturated rings. The molecule has 0 saturated heterocycles. The van der Waals surface area contributed by atoms with Crippen LogP contribution in [0.5, 0.6) is 0 Å². The average Bonchev–Trinajstić information content (AvgIpc) is 2.85. The van der Waals surface area contributed by atoms with E-state index in [0.717, 1.165) is 40.7 Å². The van der Waals surface area contributed by atoms with Crippen molar-refractivity contribution in [2.75, 3.05) is 6.54 Å². The Kier molecular flexibility index (Phi) is 3.82. The van der Waals surface area contributed by atoms with Crippen LogP contribution in [-0.2, 0) is 13.0 Å². The van der Waals surface area contributed by atoms with Gasteiger partial charge in [0, 0.05) is 58.1 Å². The van der Waals surface area contributed by atoms with Gasteiger partial charge in [-0.2, -0.15) is 0 Å². The highest BCUT2D eigenvalue weighted by molar-refractivity contribution is 14.1. The van der Waals surface area contributed by atoms with Gasteiger partial charge in [-0.05, 0) is 35.2 Å². The van der Waals surface area contributed by atoms with E-state index in [4.69, 9.17) is 0 Å². The molecule has 0 bridgehead atoms. The maximum absolute atomic E-state index is 12.2. The molecule has 116 valence electrons. The van der Waals surface area contributed by atoms with Gasteiger partial charge in [0.15, 0.2) is 0 Å². The summed E-state index contributed by atoms with van der Waals surface area (Å²) in [6.45, 7) is 1.52. The van der Waals surface area contributed by atoms with Crippen molar-refractivity contribution in [2.45, 2.75) is 13.0 Å². The first kappa shape index (κ1) is 14.7. The monoisotopic (exact) mass is 417 g/mol. The Hall–Kier alpha value is -1.86. The van der Waals surface area contributed by atoms with Gasteiger partial charge in [0.05, 0.1) is 0 Å². The highest BCUT2D eigenvalue weighted by atomic mass is 127. The molecule has 4 rings (SSSR count). The van der Waals surface area contributed by atoms with Crippen LogP contribution in [0.1, 0.15) is 21.5 Å². The first-order valence-corrected chi connectivity index (χ1v) is 8.70. The number of halogens is 1. The van der Waals surface area contributed by atoms with Crippen molar-refractivity contribution in [3.8, 4) is 11.3 Å². The fourth-order valence-corrected chi connectivity index (χ4v) is 3.71. The maximum atomic E-state index is 12.2. The molecule has 0 unspecified atom stereocenters. The fourth-order valence-electron chi connectivity index (χ4n) is 3.27. The Morgan fingerprint density at radius 3 is 2.74 bits per heavy atom. The van der Waals surface area contributed by atoms with Crippen LogP contribution in [-0.4, -0.2) is 17.4 Å². The Labute approximate surface area is 148 Å². The molecule has 3 aromatic rings. The molecule has 0 saturated carbocycles. The summed E-state index contributed by atoms with van der Waals surface area (Å²) in [6.07, 6.45) is 0.842. The molecule has 5 heteroatoms. The summed E-state index contributed by atoms with van der Waals surface area (Å²) in [5.74, 6) is 0.0170. The van der Waals surface area contributed by atoms with Gasteiger partial charge >= 0.3 is 0 Å². The minimum Gasteiger partial charge on any atom is -0.354 e. The lowest BCUT2D eigenvalue weighted by Gasteiger charge is -2.05. The van der Waals surface area contributed by atoms with E-state index < -0.39 is 0 Å². The Morgan fingerprint density at radius 2 is 1.96 bits per heavy atom. The van der Waals surface area contributed by atoms with Crippen LogP contribution < -0.4 is 8.85 Å². The third kappa shape index (κ3) is 2.53. The molecule has 2 heterocycles. The van der Waals surface area contributed by atoms with Gasteiger partial charge in [-0.3, -0.25) is 8.32 Å². The van der Waals surface area contributed by atoms with Gasteiger partial charge in [0.2, 0.25) is 0 Å². The summed E-state index contributed by atoms with van der Waals surface area (Å²) < 4.78 is 3.13. The summed E-state index contributed by atoms with van der Waals surface area (Å²) in [6, 6.07) is 14.4. The molecule has 1 aromatic heterocycles. The van der Waals surface area contributed by atoms with Crippen molar-refractivity contribution in [3.63, 3.8) is 0 Å². The molecule has 1 aliphatic heterocycles. The van der Waals surface area contributed by atoms with Crippen molar-refractivity contribution < 1.29 is 4.79 Å². The van der Waals surface area contributed by atoms with Gasteiger partial charge < -0.3 is 10.3 Å². The third-order valence-corrected chi connectivity index (χ3v) is 4.73. The van der Waals surface area contributed by atoms with Crippen molar-refractivity contribution in [3.05, 3.63) is 59.2 Å². The van der Waals surface area contributed by atoms with Crippen LogP contribution in [0.25, 0.3) is 22.2 Å². The molecule has 23 heavy (non-hydrogen) atoms. The van der Waals surface area contributed by atoms with Gasteiger partial charge in [0.25, 0.3) is 5.91 Å². The van der Waals surface area contributed by atoms with Gasteiger partial charge in [0.1, 0.15) is 0 Å². The first-order valence-electron chi connectivity index (χ1n) is 7.62. The van der Waals surface area contributed by atoms with Gasteiger partial charge in [-0.25, -0.2) is 0 Å². The number of nitrogens with one attached hydrogen (secondary N) is 3. The van der Waals surface area contributed by atoms with Crippen molar-refractivity contribution >= 4 is 39.7 Å². The van der Waals surface area contributed by atoms with E-state index >= 15 is 0 Å². The number of H-pyrrole nitrogens is 1. The minimum atomic E-state index is 0.0170. The van der Waals surface area contributed by atoms with E-state index in [1.807, 2.05) is 18.2 Å². The predicted octanol–water partition coefficient (Wildman–Crippen LogP) is 3.56. The maximum Gasteiger partial charge on any atom is 0.251 e. The molecule has 2 aromatic carbocycles. The number of benzene rings is 2. The molecule has 3 N–H and O–H groups in total. The second-order valence-electron chi connectivity index (χ2n) is 5.72. The van der Waals surface area contributed by atoms with Gasteiger partial charge in [-0.1, -0.05) is 30.3 Å². The van der Waals surface area contributed by atoms with Crippen LogP contribution in [0.4, 0.5) is 0 Å². The van der Waals surface area contributed by atoms with Crippen LogP contribution in [0.2, 0.25) is 0 Å². The quantitative estimate of drug-likeness (QED) is 0.451. The highest BCUT2D eigenvalue weighted by Crippen LogP contribution is 2.34. The third-order valence-electron chi connectivity index (χ3n) is 4.35. The summed E-state index contributed by atoms with van der Waals surface area (Å²) >= 11 is 2.15. The summed E-state index contributed by atoms with van der Waals surface area (Å²) in [4.78, 5) is 15.7. The number of hydrogen-bond donors (Lipinski definition) is 3. The number of carbonyl (C=O) groups excluding carboxylic acids is 1. The molecule has 1 aliphatic rings. The van der Waals surface area contributed by atoms with E-state index in [9.17, 15) is 4.79 Å². The van der Waals surface area contributed by atoms with Gasteiger partial charge in [-0.15, -0.1) is 0 Å². The van der Waals surface area contributed by atoms with Crippen molar-refractivity contribution in [2.24, 2.45) is 0 Å². The SMILES string of the molecule is O=C1NCCc2c(-c3ccc(CNI)cc3)[nH]c3cccc1c23. The number of carbonyl (C=O) groups is 1. The molecule has 0 atom stereocenters. The lowest BCUT2D eigenvalue weighted by Crippen LogP contribution is -2.23. The largest absolute Gasteiger partial charge is 0.354 e. The Morgan fingerprint density at radius 1 is 1.13 bits per heavy atom. The van der Waals surface area contributed by atoms with Crippen LogP contribution in [0.15, 0.2) is 42.5 Å². The molecular formula is C18H16IN3O. The minimum absolute atomic E-state index is 0.0170. The summed E-state index contributed by atoms with van der Waals surface area (Å²) in [5.41, 5.74) is 6.56. The Bertz CT molecular complexity index is 883. The topological polar surface area (TPSA) is 56.9 Å². The fraction of sp³-hybridized carbons (Fsp3) is 0.167. The zero-order valence-electron chi connectivity index (χ0n) is 12.4. The molecule has 1 amide bonds. The second-order valence-corrected chi connectivity index (χ2v) is 6.48. The van der Waals surface area contributed by atoms with Crippen LogP contribution in [0, 0.1) is 0 Å². The highest BCUT2D eigenvalue weighted by Gasteiger charge is 2.21. The molecule has 0 spiro atoms. The molecular weight excluding hydrogens is 401 g/mol. The van der Waals surface area contributed by atoms with E-state index in [1.54, 1.807) is 0 Å². The summed E-state index contributed by atoms with van der Waals surface area (Å²) in [5, 5.41) is 4.05. The lowest BCUT2D eigenvalue weighted by atomic mass is 10.00. The number of aromatic amines is 1. The molecule has 0 aliphatic carbocycles. The number of aromatic nitrogens is 1. The van der Waals surface area contributed by atoms with Crippen molar-refractivity contribution in [1.82, 2.24) is 13.8 Å². The molecule has 0 radical (unpaired) electrons. The average molecular weight is 417 g/mol. The lowest BCUT2D eigenvalue weighted by molar-refractivity contribution is 0.0957. The van der Waals surface area contributed by atoms with E-state index in [1.165, 1.54) is 11.1 Å². The zero-order chi connectivity index (χ0) is 15.8. The predicted molar refractivity (Wildman–Crippen MR) is 101 cm³/mol. The van der Waals surface area contributed by atoms with Crippen LogP contribution in [0.3, 0.4) is 0 Å². The van der Waals surface area contributed by atoms with E-state index in [-0.39, 0.29) is 5.91 Å². The number of amides is 1. The normalized spacial score (nSPS) is 13.9. The number of rotatable bonds is 3. The Balaban J connectivity index is 1.89. The first-order chi connectivity index (χ1) is 11.3. The standard InChI is InChI=1S/C18H16IN3O/c19-21-10-11-4-6-12(7-5-11)17-13-8-9-20-18(23)14-2-1-3-15(22-17)16(13)14/h1-7,21-22H,8-10H2,(H,20,23). The number of hydrogen-bond acceptors (Lipinski definition) is 2. The van der Waals surface area contributed by atoms with Crippen LogP contribution >= 0.6 is 22.9 Å². The molecule has 4 nitrogen and oxygen atoms in total. The van der Waals surface area contributed by atoms with E-state index in [0.29, 0.717) is 6.54 Å².